The van der Waals surface area contributed by atoms with Crippen LogP contribution < -0.4 is 4.74 Å². The Morgan fingerprint density at radius 2 is 2.25 bits per heavy atom. The standard InChI is InChI=1S/C9H7ClO2/c10-9(11)7-5-12-8-4-2-1-3-6(7)8/h1-4,7H,5H2. The summed E-state index contributed by atoms with van der Waals surface area (Å²) < 4.78 is 5.27. The minimum Gasteiger partial charge on any atom is -0.492 e. The van der Waals surface area contributed by atoms with Gasteiger partial charge in [-0.15, -0.1) is 0 Å². The minimum atomic E-state index is -0.347. The number of ether oxygens (including phenoxy) is 1. The van der Waals surface area contributed by atoms with Gasteiger partial charge in [-0.1, -0.05) is 18.2 Å². The van der Waals surface area contributed by atoms with Gasteiger partial charge in [-0.3, -0.25) is 4.79 Å². The first kappa shape index (κ1) is 7.62. The Labute approximate surface area is 75.1 Å². The van der Waals surface area contributed by atoms with E-state index in [2.05, 4.69) is 0 Å². The molecule has 1 unspecified atom stereocenters. The topological polar surface area (TPSA) is 26.3 Å². The quantitative estimate of drug-likeness (QED) is 0.621. The lowest BCUT2D eigenvalue weighted by molar-refractivity contribution is -0.113. The molecule has 0 radical (unpaired) electrons. The molecule has 1 aromatic rings. The van der Waals surface area contributed by atoms with Crippen molar-refractivity contribution in [3.05, 3.63) is 29.8 Å². The van der Waals surface area contributed by atoms with Crippen molar-refractivity contribution in [2.75, 3.05) is 6.61 Å². The molecule has 1 aliphatic heterocycles. The van der Waals surface area contributed by atoms with Crippen molar-refractivity contribution in [2.45, 2.75) is 5.92 Å². The zero-order chi connectivity index (χ0) is 8.55. The maximum Gasteiger partial charge on any atom is 0.232 e. The maximum atomic E-state index is 10.9. The van der Waals surface area contributed by atoms with Gasteiger partial charge in [0.1, 0.15) is 12.4 Å². The average Bonchev–Trinajstić information content (AvgIpc) is 2.47. The van der Waals surface area contributed by atoms with Crippen molar-refractivity contribution in [1.82, 2.24) is 0 Å². The number of halogens is 1. The van der Waals surface area contributed by atoms with E-state index in [1.54, 1.807) is 0 Å². The molecule has 1 aliphatic rings. The lowest BCUT2D eigenvalue weighted by Crippen LogP contribution is -2.07. The number of hydrogen-bond acceptors (Lipinski definition) is 2. The number of fused-ring (bicyclic) bond motifs is 1. The molecular formula is C9H7ClO2. The van der Waals surface area contributed by atoms with Gasteiger partial charge in [-0.2, -0.15) is 0 Å². The van der Waals surface area contributed by atoms with Crippen molar-refractivity contribution < 1.29 is 9.53 Å². The summed E-state index contributed by atoms with van der Waals surface area (Å²) in [4.78, 5) is 10.9. The zero-order valence-corrected chi connectivity index (χ0v) is 7.04. The first-order valence-corrected chi connectivity index (χ1v) is 4.08. The molecule has 0 aromatic heterocycles. The highest BCUT2D eigenvalue weighted by Gasteiger charge is 2.28. The third-order valence-corrected chi connectivity index (χ3v) is 2.24. The largest absolute Gasteiger partial charge is 0.492 e. The molecule has 1 atom stereocenters. The van der Waals surface area contributed by atoms with E-state index in [0.717, 1.165) is 11.3 Å². The van der Waals surface area contributed by atoms with Crippen LogP contribution in [-0.4, -0.2) is 11.8 Å². The highest BCUT2D eigenvalue weighted by Crippen LogP contribution is 2.34. The van der Waals surface area contributed by atoms with E-state index in [1.807, 2.05) is 24.3 Å². The predicted octanol–water partition coefficient (Wildman–Crippen LogP) is 1.93. The van der Waals surface area contributed by atoms with Gasteiger partial charge in [0, 0.05) is 5.56 Å². The summed E-state index contributed by atoms with van der Waals surface area (Å²) in [5, 5.41) is -0.347. The molecule has 0 N–H and O–H groups in total. The van der Waals surface area contributed by atoms with E-state index in [-0.39, 0.29) is 11.2 Å². The van der Waals surface area contributed by atoms with Crippen LogP contribution in [0.3, 0.4) is 0 Å². The van der Waals surface area contributed by atoms with Crippen molar-refractivity contribution in [3.63, 3.8) is 0 Å². The molecule has 0 fully saturated rings. The van der Waals surface area contributed by atoms with Crippen LogP contribution in [-0.2, 0) is 4.79 Å². The smallest absolute Gasteiger partial charge is 0.232 e. The van der Waals surface area contributed by atoms with Crippen molar-refractivity contribution in [1.29, 1.82) is 0 Å². The number of carbonyl (C=O) groups excluding carboxylic acids is 1. The highest BCUT2D eigenvalue weighted by atomic mass is 35.5. The normalized spacial score (nSPS) is 19.9. The van der Waals surface area contributed by atoms with Crippen LogP contribution >= 0.6 is 11.6 Å². The van der Waals surface area contributed by atoms with Gasteiger partial charge in [0.2, 0.25) is 5.24 Å². The third kappa shape index (κ3) is 1.08. The van der Waals surface area contributed by atoms with Gasteiger partial charge in [-0.25, -0.2) is 0 Å². The van der Waals surface area contributed by atoms with E-state index >= 15 is 0 Å². The highest BCUT2D eigenvalue weighted by molar-refractivity contribution is 6.64. The fourth-order valence-corrected chi connectivity index (χ4v) is 1.53. The van der Waals surface area contributed by atoms with Gasteiger partial charge in [0.15, 0.2) is 0 Å². The fraction of sp³-hybridized carbons (Fsp3) is 0.222. The second kappa shape index (κ2) is 2.79. The summed E-state index contributed by atoms with van der Waals surface area (Å²) in [6, 6.07) is 7.46. The van der Waals surface area contributed by atoms with E-state index in [1.165, 1.54) is 0 Å². The number of benzene rings is 1. The Bertz CT molecular complexity index is 322. The molecule has 1 aromatic carbocycles. The number of rotatable bonds is 1. The number of hydrogen-bond donors (Lipinski definition) is 0. The van der Waals surface area contributed by atoms with Crippen molar-refractivity contribution in [2.24, 2.45) is 0 Å². The number of para-hydroxylation sites is 1. The summed E-state index contributed by atoms with van der Waals surface area (Å²) in [5.74, 6) is 0.499. The molecule has 0 saturated carbocycles. The molecule has 62 valence electrons. The fourth-order valence-electron chi connectivity index (χ4n) is 1.35. The molecule has 0 spiro atoms. The summed E-state index contributed by atoms with van der Waals surface area (Å²) in [6.07, 6.45) is 0. The Hall–Kier alpha value is -1.02. The van der Waals surface area contributed by atoms with Gasteiger partial charge < -0.3 is 4.74 Å². The molecule has 1 heterocycles. The van der Waals surface area contributed by atoms with Crippen LogP contribution in [0, 0.1) is 0 Å². The predicted molar refractivity (Wildman–Crippen MR) is 45.5 cm³/mol. The van der Waals surface area contributed by atoms with E-state index < -0.39 is 0 Å². The maximum absolute atomic E-state index is 10.9. The zero-order valence-electron chi connectivity index (χ0n) is 6.29. The molecular weight excluding hydrogens is 176 g/mol. The van der Waals surface area contributed by atoms with Crippen LogP contribution in [0.4, 0.5) is 0 Å². The molecule has 2 rings (SSSR count). The Morgan fingerprint density at radius 3 is 3.00 bits per heavy atom. The van der Waals surface area contributed by atoms with E-state index in [4.69, 9.17) is 16.3 Å². The van der Waals surface area contributed by atoms with Gasteiger partial charge in [0.05, 0.1) is 5.92 Å². The average molecular weight is 183 g/mol. The molecule has 2 nitrogen and oxygen atoms in total. The lowest BCUT2D eigenvalue weighted by Gasteiger charge is -1.99. The van der Waals surface area contributed by atoms with Crippen molar-refractivity contribution >= 4 is 16.8 Å². The molecule has 12 heavy (non-hydrogen) atoms. The first-order chi connectivity index (χ1) is 5.79. The Kier molecular flexibility index (Phi) is 1.77. The third-order valence-electron chi connectivity index (χ3n) is 1.97. The van der Waals surface area contributed by atoms with E-state index in [9.17, 15) is 4.79 Å². The first-order valence-electron chi connectivity index (χ1n) is 3.70. The SMILES string of the molecule is O=C(Cl)C1COc2ccccc21. The van der Waals surface area contributed by atoms with Crippen LogP contribution in [0.15, 0.2) is 24.3 Å². The minimum absolute atomic E-state index is 0.275. The van der Waals surface area contributed by atoms with Crippen LogP contribution in [0.2, 0.25) is 0 Å². The Morgan fingerprint density at radius 1 is 1.50 bits per heavy atom. The molecule has 0 aliphatic carbocycles. The molecule has 0 amide bonds. The molecule has 3 heteroatoms. The van der Waals surface area contributed by atoms with Crippen LogP contribution in [0.25, 0.3) is 0 Å². The summed E-state index contributed by atoms with van der Waals surface area (Å²) in [7, 11) is 0. The van der Waals surface area contributed by atoms with Gasteiger partial charge in [0.25, 0.3) is 0 Å². The van der Waals surface area contributed by atoms with Gasteiger partial charge in [-0.05, 0) is 17.7 Å². The van der Waals surface area contributed by atoms with Crippen LogP contribution in [0.1, 0.15) is 11.5 Å². The van der Waals surface area contributed by atoms with Crippen molar-refractivity contribution in [3.8, 4) is 5.75 Å². The molecule has 0 saturated heterocycles. The summed E-state index contributed by atoms with van der Waals surface area (Å²) >= 11 is 5.39. The second-order valence-electron chi connectivity index (χ2n) is 2.71. The van der Waals surface area contributed by atoms with Gasteiger partial charge >= 0.3 is 0 Å². The van der Waals surface area contributed by atoms with Crippen LogP contribution in [0.5, 0.6) is 5.75 Å². The monoisotopic (exact) mass is 182 g/mol. The molecule has 0 bridgehead atoms. The summed E-state index contributed by atoms with van der Waals surface area (Å²) in [6.45, 7) is 0.377. The summed E-state index contributed by atoms with van der Waals surface area (Å²) in [5.41, 5.74) is 0.900. The lowest BCUT2D eigenvalue weighted by atomic mass is 10.0. The second-order valence-corrected chi connectivity index (χ2v) is 3.08. The Balaban J connectivity index is 2.42. The van der Waals surface area contributed by atoms with E-state index in [0.29, 0.717) is 6.61 Å². The number of carbonyl (C=O) groups is 1.